The lowest BCUT2D eigenvalue weighted by Gasteiger charge is -2.36. The van der Waals surface area contributed by atoms with Crippen LogP contribution in [0.15, 0.2) is 41.4 Å². The molecule has 0 unspecified atom stereocenters. The lowest BCUT2D eigenvalue weighted by molar-refractivity contribution is 0.286. The van der Waals surface area contributed by atoms with Gasteiger partial charge in [0.1, 0.15) is 5.75 Å². The molecule has 0 aromatic heterocycles. The highest BCUT2D eigenvalue weighted by molar-refractivity contribution is 6.15. The van der Waals surface area contributed by atoms with Crippen LogP contribution in [0.5, 0.6) is 17.2 Å². The monoisotopic (exact) mass is 365 g/mol. The molecule has 1 heterocycles. The Labute approximate surface area is 160 Å². The van der Waals surface area contributed by atoms with Crippen LogP contribution >= 0.6 is 0 Å². The van der Waals surface area contributed by atoms with Gasteiger partial charge in [0, 0.05) is 17.0 Å². The lowest BCUT2D eigenvalue weighted by atomic mass is 9.75. The number of hydrogen-bond donors (Lipinski definition) is 1. The Balaban J connectivity index is 1.87. The van der Waals surface area contributed by atoms with Crippen LogP contribution in [0.4, 0.5) is 0 Å². The zero-order valence-electron chi connectivity index (χ0n) is 16.1. The van der Waals surface area contributed by atoms with Gasteiger partial charge in [-0.05, 0) is 68.7 Å². The predicted molar refractivity (Wildman–Crippen MR) is 108 cm³/mol. The molecule has 4 rings (SSSR count). The summed E-state index contributed by atoms with van der Waals surface area (Å²) < 4.78 is 11.8. The van der Waals surface area contributed by atoms with Gasteiger partial charge < -0.3 is 14.6 Å². The van der Waals surface area contributed by atoms with E-state index in [0.29, 0.717) is 25.2 Å². The third kappa shape index (κ3) is 3.41. The maximum absolute atomic E-state index is 9.67. The molecule has 2 aromatic carbocycles. The molecule has 0 radical (unpaired) electrons. The first-order valence-corrected chi connectivity index (χ1v) is 10.0. The highest BCUT2D eigenvalue weighted by atomic mass is 16.5. The highest BCUT2D eigenvalue weighted by Crippen LogP contribution is 2.45. The van der Waals surface area contributed by atoms with E-state index in [1.165, 1.54) is 24.8 Å². The first-order chi connectivity index (χ1) is 13.2. The van der Waals surface area contributed by atoms with E-state index in [0.717, 1.165) is 34.8 Å². The Morgan fingerprint density at radius 3 is 2.33 bits per heavy atom. The van der Waals surface area contributed by atoms with Gasteiger partial charge in [0.05, 0.1) is 25.0 Å². The summed E-state index contributed by atoms with van der Waals surface area (Å²) in [5.41, 5.74) is 4.49. The fourth-order valence-electron chi connectivity index (χ4n) is 4.34. The van der Waals surface area contributed by atoms with E-state index >= 15 is 0 Å². The molecular weight excluding hydrogens is 338 g/mol. The Hall–Kier alpha value is -2.49. The highest BCUT2D eigenvalue weighted by Gasteiger charge is 2.34. The van der Waals surface area contributed by atoms with Crippen molar-refractivity contribution in [3.8, 4) is 17.2 Å². The molecule has 0 bridgehead atoms. The van der Waals surface area contributed by atoms with Gasteiger partial charge in [-0.1, -0.05) is 12.8 Å². The summed E-state index contributed by atoms with van der Waals surface area (Å²) in [6, 6.07) is 11.9. The van der Waals surface area contributed by atoms with Gasteiger partial charge in [0.25, 0.3) is 0 Å². The van der Waals surface area contributed by atoms with E-state index in [9.17, 15) is 5.11 Å². The minimum absolute atomic E-state index is 0.271. The summed E-state index contributed by atoms with van der Waals surface area (Å²) >= 11 is 0. The van der Waals surface area contributed by atoms with Gasteiger partial charge >= 0.3 is 0 Å². The maximum atomic E-state index is 9.67. The standard InChI is InChI=1S/C23H27NO3/c1-3-26-21-13-18-17-7-5-6-8-20(17)24-23(15-9-11-16(25)12-10-15)19(18)14-22(21)27-4-2/h9-14,17,20,25H,3-8H2,1-2H3/t17-,20-/m1/s1. The molecule has 1 fully saturated rings. The molecule has 1 N–H and O–H groups in total. The molecule has 2 atom stereocenters. The Morgan fingerprint density at radius 1 is 0.963 bits per heavy atom. The molecule has 0 saturated heterocycles. The number of aromatic hydroxyl groups is 1. The molecule has 1 aliphatic heterocycles. The normalized spacial score (nSPS) is 21.0. The smallest absolute Gasteiger partial charge is 0.161 e. The average Bonchev–Trinajstić information content (AvgIpc) is 2.69. The summed E-state index contributed by atoms with van der Waals surface area (Å²) in [5.74, 6) is 2.32. The Morgan fingerprint density at radius 2 is 1.63 bits per heavy atom. The molecule has 2 aromatic rings. The van der Waals surface area contributed by atoms with Crippen LogP contribution in [0.2, 0.25) is 0 Å². The van der Waals surface area contributed by atoms with E-state index < -0.39 is 0 Å². The van der Waals surface area contributed by atoms with Gasteiger partial charge in [-0.3, -0.25) is 4.99 Å². The number of ether oxygens (including phenoxy) is 2. The number of hydrogen-bond acceptors (Lipinski definition) is 4. The number of fused-ring (bicyclic) bond motifs is 3. The number of rotatable bonds is 5. The molecule has 1 aliphatic carbocycles. The van der Waals surface area contributed by atoms with E-state index in [1.807, 2.05) is 26.0 Å². The largest absolute Gasteiger partial charge is 0.508 e. The van der Waals surface area contributed by atoms with Crippen molar-refractivity contribution in [3.63, 3.8) is 0 Å². The predicted octanol–water partition coefficient (Wildman–Crippen LogP) is 5.07. The Kier molecular flexibility index (Phi) is 5.06. The van der Waals surface area contributed by atoms with Crippen LogP contribution in [0.1, 0.15) is 62.1 Å². The molecule has 1 saturated carbocycles. The van der Waals surface area contributed by atoms with Crippen LogP contribution in [0.3, 0.4) is 0 Å². The minimum Gasteiger partial charge on any atom is -0.508 e. The molecule has 4 nitrogen and oxygen atoms in total. The fourth-order valence-corrected chi connectivity index (χ4v) is 4.34. The van der Waals surface area contributed by atoms with Crippen molar-refractivity contribution in [3.05, 3.63) is 53.1 Å². The average molecular weight is 365 g/mol. The van der Waals surface area contributed by atoms with Gasteiger partial charge in [-0.25, -0.2) is 0 Å². The fraction of sp³-hybridized carbons (Fsp3) is 0.435. The number of benzene rings is 2. The topological polar surface area (TPSA) is 51.0 Å². The van der Waals surface area contributed by atoms with Crippen LogP contribution in [0.25, 0.3) is 0 Å². The third-order valence-corrected chi connectivity index (χ3v) is 5.54. The first-order valence-electron chi connectivity index (χ1n) is 10.0. The van der Waals surface area contributed by atoms with E-state index in [4.69, 9.17) is 14.5 Å². The zero-order chi connectivity index (χ0) is 18.8. The number of aliphatic imine (C=N–C) groups is 1. The van der Waals surface area contributed by atoms with Crippen LogP contribution in [0, 0.1) is 0 Å². The SMILES string of the molecule is CCOc1cc2c(cc1OCC)[C@H]1CCCC[C@H]1N=C2c1ccc(O)cc1. The third-order valence-electron chi connectivity index (χ3n) is 5.54. The summed E-state index contributed by atoms with van der Waals surface area (Å²) in [4.78, 5) is 5.16. The summed E-state index contributed by atoms with van der Waals surface area (Å²) in [6.45, 7) is 5.20. The van der Waals surface area contributed by atoms with Gasteiger partial charge in [-0.2, -0.15) is 0 Å². The Bertz CT molecular complexity index is 841. The van der Waals surface area contributed by atoms with Crippen molar-refractivity contribution in [1.82, 2.24) is 0 Å². The zero-order valence-corrected chi connectivity index (χ0v) is 16.1. The first kappa shape index (κ1) is 17.9. The quantitative estimate of drug-likeness (QED) is 0.805. The van der Waals surface area contributed by atoms with Crippen LogP contribution < -0.4 is 9.47 Å². The van der Waals surface area contributed by atoms with Gasteiger partial charge in [0.15, 0.2) is 11.5 Å². The molecular formula is C23H27NO3. The second-order valence-corrected chi connectivity index (χ2v) is 7.24. The maximum Gasteiger partial charge on any atom is 0.161 e. The summed E-state index contributed by atoms with van der Waals surface area (Å²) in [6.07, 6.45) is 4.78. The second-order valence-electron chi connectivity index (χ2n) is 7.24. The van der Waals surface area contributed by atoms with E-state index in [2.05, 4.69) is 12.1 Å². The van der Waals surface area contributed by atoms with Crippen molar-refractivity contribution in [2.45, 2.75) is 51.5 Å². The number of phenols is 1. The molecule has 4 heteroatoms. The molecule has 0 amide bonds. The van der Waals surface area contributed by atoms with Gasteiger partial charge in [0.2, 0.25) is 0 Å². The lowest BCUT2D eigenvalue weighted by Crippen LogP contribution is -2.29. The molecule has 2 aliphatic rings. The molecule has 0 spiro atoms. The van der Waals surface area contributed by atoms with Crippen LogP contribution in [-0.4, -0.2) is 30.1 Å². The van der Waals surface area contributed by atoms with Crippen molar-refractivity contribution in [2.75, 3.05) is 13.2 Å². The summed E-state index contributed by atoms with van der Waals surface area (Å²) in [7, 11) is 0. The van der Waals surface area contributed by atoms with Crippen LogP contribution in [-0.2, 0) is 0 Å². The van der Waals surface area contributed by atoms with Crippen molar-refractivity contribution >= 4 is 5.71 Å². The second kappa shape index (κ2) is 7.63. The number of phenolic OH excluding ortho intramolecular Hbond substituents is 1. The molecule has 27 heavy (non-hydrogen) atoms. The van der Waals surface area contributed by atoms with Gasteiger partial charge in [-0.15, -0.1) is 0 Å². The minimum atomic E-state index is 0.271. The number of nitrogens with zero attached hydrogens (tertiary/aromatic N) is 1. The molecule has 142 valence electrons. The van der Waals surface area contributed by atoms with Crippen molar-refractivity contribution in [2.24, 2.45) is 4.99 Å². The van der Waals surface area contributed by atoms with Crippen molar-refractivity contribution in [1.29, 1.82) is 0 Å². The van der Waals surface area contributed by atoms with E-state index in [-0.39, 0.29) is 5.75 Å². The van der Waals surface area contributed by atoms with Crippen molar-refractivity contribution < 1.29 is 14.6 Å². The summed E-state index contributed by atoms with van der Waals surface area (Å²) in [5, 5.41) is 9.67. The van der Waals surface area contributed by atoms with E-state index in [1.54, 1.807) is 12.1 Å².